The molecule has 0 aliphatic carbocycles. The van der Waals surface area contributed by atoms with E-state index in [-0.39, 0.29) is 0 Å². The third kappa shape index (κ3) is 5.92. The van der Waals surface area contributed by atoms with Crippen LogP contribution in [0.3, 0.4) is 0 Å². The Bertz CT molecular complexity index is 576. The fourth-order valence-electron chi connectivity index (χ4n) is 2.99. The fraction of sp³-hybridized carbons (Fsp3) is 0.611. The van der Waals surface area contributed by atoms with Crippen molar-refractivity contribution >= 4 is 5.96 Å². The third-order valence-electron chi connectivity index (χ3n) is 4.54. The predicted molar refractivity (Wildman–Crippen MR) is 94.5 cm³/mol. The molecule has 25 heavy (non-hydrogen) atoms. The first kappa shape index (κ1) is 19.6. The van der Waals surface area contributed by atoms with Crippen molar-refractivity contribution in [3.8, 4) is 0 Å². The average Bonchev–Trinajstić information content (AvgIpc) is 2.58. The van der Waals surface area contributed by atoms with Crippen molar-refractivity contribution in [2.75, 3.05) is 20.1 Å². The van der Waals surface area contributed by atoms with E-state index in [4.69, 9.17) is 0 Å². The summed E-state index contributed by atoms with van der Waals surface area (Å²) in [6, 6.07) is 6.25. The molecule has 0 unspecified atom stereocenters. The zero-order valence-electron chi connectivity index (χ0n) is 15.0. The van der Waals surface area contributed by atoms with E-state index in [1.54, 1.807) is 13.1 Å². The lowest BCUT2D eigenvalue weighted by molar-refractivity contribution is -0.137. The first-order chi connectivity index (χ1) is 11.8. The minimum absolute atomic E-state index is 0.300. The van der Waals surface area contributed by atoms with Crippen LogP contribution in [0.4, 0.5) is 13.2 Å². The Balaban J connectivity index is 1.85. The summed E-state index contributed by atoms with van der Waals surface area (Å²) in [5.74, 6) is 0.625. The van der Waals surface area contributed by atoms with Crippen molar-refractivity contribution in [1.29, 1.82) is 0 Å². The minimum Gasteiger partial charge on any atom is -0.354 e. The Labute approximate surface area is 147 Å². The first-order valence-electron chi connectivity index (χ1n) is 8.67. The van der Waals surface area contributed by atoms with Crippen molar-refractivity contribution in [2.45, 2.75) is 51.5 Å². The van der Waals surface area contributed by atoms with Crippen molar-refractivity contribution < 1.29 is 13.2 Å². The molecule has 1 heterocycles. The lowest BCUT2D eigenvalue weighted by Gasteiger charge is -2.35. The number of halogens is 3. The number of guanidine groups is 1. The minimum atomic E-state index is -4.32. The van der Waals surface area contributed by atoms with Crippen LogP contribution in [0.25, 0.3) is 0 Å². The normalized spacial score (nSPS) is 17.8. The number of benzene rings is 1. The molecule has 1 aromatic carbocycles. The van der Waals surface area contributed by atoms with Crippen LogP contribution in [-0.2, 0) is 12.7 Å². The van der Waals surface area contributed by atoms with Crippen molar-refractivity contribution in [2.24, 2.45) is 4.99 Å². The van der Waals surface area contributed by atoms with Gasteiger partial charge in [-0.3, -0.25) is 4.99 Å². The maximum Gasteiger partial charge on any atom is 0.416 e. The maximum atomic E-state index is 12.8. The third-order valence-corrected chi connectivity index (χ3v) is 4.54. The van der Waals surface area contributed by atoms with Gasteiger partial charge in [-0.2, -0.15) is 13.2 Å². The van der Waals surface area contributed by atoms with E-state index in [2.05, 4.69) is 34.4 Å². The number of alkyl halides is 3. The second-order valence-electron chi connectivity index (χ2n) is 6.67. The topological polar surface area (TPSA) is 39.7 Å². The zero-order valence-corrected chi connectivity index (χ0v) is 15.0. The van der Waals surface area contributed by atoms with Crippen LogP contribution < -0.4 is 10.6 Å². The van der Waals surface area contributed by atoms with Gasteiger partial charge in [0.2, 0.25) is 0 Å². The van der Waals surface area contributed by atoms with Crippen LogP contribution in [0.1, 0.15) is 37.8 Å². The van der Waals surface area contributed by atoms with Gasteiger partial charge >= 0.3 is 6.18 Å². The Morgan fingerprint density at radius 2 is 1.96 bits per heavy atom. The maximum absolute atomic E-state index is 12.8. The molecule has 0 atom stereocenters. The summed E-state index contributed by atoms with van der Waals surface area (Å²) >= 11 is 0. The molecule has 1 aromatic rings. The number of nitrogens with one attached hydrogen (secondary N) is 2. The number of hydrogen-bond donors (Lipinski definition) is 2. The Hall–Kier alpha value is -1.76. The highest BCUT2D eigenvalue weighted by Gasteiger charge is 2.30. The first-order valence-corrected chi connectivity index (χ1v) is 8.67. The molecule has 1 aliphatic rings. The largest absolute Gasteiger partial charge is 0.416 e. The van der Waals surface area contributed by atoms with Gasteiger partial charge < -0.3 is 15.5 Å². The Morgan fingerprint density at radius 1 is 1.28 bits per heavy atom. The second-order valence-corrected chi connectivity index (χ2v) is 6.67. The number of hydrogen-bond acceptors (Lipinski definition) is 2. The molecule has 0 saturated carbocycles. The van der Waals surface area contributed by atoms with Gasteiger partial charge in [0.1, 0.15) is 0 Å². The molecule has 0 radical (unpaired) electrons. The molecule has 0 aromatic heterocycles. The quantitative estimate of drug-likeness (QED) is 0.643. The van der Waals surface area contributed by atoms with Gasteiger partial charge in [0.25, 0.3) is 0 Å². The van der Waals surface area contributed by atoms with E-state index >= 15 is 0 Å². The molecule has 2 N–H and O–H groups in total. The Morgan fingerprint density at radius 3 is 2.52 bits per heavy atom. The number of likely N-dealkylation sites (tertiary alicyclic amines) is 1. The molecular weight excluding hydrogens is 329 g/mol. The van der Waals surface area contributed by atoms with E-state index in [0.717, 1.165) is 32.0 Å². The fourth-order valence-corrected chi connectivity index (χ4v) is 2.99. The van der Waals surface area contributed by atoms with Crippen LogP contribution in [0.5, 0.6) is 0 Å². The van der Waals surface area contributed by atoms with Gasteiger partial charge in [-0.25, -0.2) is 0 Å². The summed E-state index contributed by atoms with van der Waals surface area (Å²) in [4.78, 5) is 6.62. The van der Waals surface area contributed by atoms with Gasteiger partial charge in [-0.1, -0.05) is 12.1 Å². The number of rotatable bonds is 4. The van der Waals surface area contributed by atoms with E-state index in [0.29, 0.717) is 30.2 Å². The van der Waals surface area contributed by atoms with Gasteiger partial charge in [-0.15, -0.1) is 0 Å². The van der Waals surface area contributed by atoms with Crippen LogP contribution in [0.2, 0.25) is 0 Å². The summed E-state index contributed by atoms with van der Waals surface area (Å²) in [6.07, 6.45) is -2.26. The van der Waals surface area contributed by atoms with Crippen molar-refractivity contribution in [3.05, 3.63) is 35.4 Å². The summed E-state index contributed by atoms with van der Waals surface area (Å²) in [5.41, 5.74) is -0.0526. The molecule has 140 valence electrons. The molecule has 1 saturated heterocycles. The number of piperidine rings is 1. The predicted octanol–water partition coefficient (Wildman–Crippen LogP) is 3.24. The highest BCUT2D eigenvalue weighted by atomic mass is 19.4. The number of nitrogens with zero attached hydrogens (tertiary/aromatic N) is 2. The molecule has 2 rings (SSSR count). The van der Waals surface area contributed by atoms with E-state index < -0.39 is 11.7 Å². The van der Waals surface area contributed by atoms with Crippen LogP contribution >= 0.6 is 0 Å². The lowest BCUT2D eigenvalue weighted by atomic mass is 10.0. The molecule has 0 amide bonds. The average molecular weight is 356 g/mol. The van der Waals surface area contributed by atoms with E-state index in [1.807, 2.05) is 0 Å². The standard InChI is InChI=1S/C18H27F3N4/c1-13(2)25-9-7-16(8-10-25)24-17(22-3)23-12-14-5-4-6-15(11-14)18(19,20)21/h4-6,11,13,16H,7-10,12H2,1-3H3,(H2,22,23,24). The van der Waals surface area contributed by atoms with Gasteiger partial charge in [0.05, 0.1) is 5.56 Å². The van der Waals surface area contributed by atoms with Crippen LogP contribution in [0, 0.1) is 0 Å². The summed E-state index contributed by atoms with van der Waals surface area (Å²) < 4.78 is 38.3. The monoisotopic (exact) mass is 356 g/mol. The number of aliphatic imine (C=N–C) groups is 1. The molecule has 1 aliphatic heterocycles. The molecule has 0 bridgehead atoms. The zero-order chi connectivity index (χ0) is 18.4. The molecule has 4 nitrogen and oxygen atoms in total. The van der Waals surface area contributed by atoms with Gasteiger partial charge in [0.15, 0.2) is 5.96 Å². The van der Waals surface area contributed by atoms with Gasteiger partial charge in [0, 0.05) is 38.8 Å². The summed E-state index contributed by atoms with van der Waals surface area (Å²) in [5, 5.41) is 6.47. The highest BCUT2D eigenvalue weighted by Crippen LogP contribution is 2.29. The summed E-state index contributed by atoms with van der Waals surface area (Å²) in [7, 11) is 1.67. The van der Waals surface area contributed by atoms with Crippen molar-refractivity contribution in [3.63, 3.8) is 0 Å². The molecular formula is C18H27F3N4. The van der Waals surface area contributed by atoms with Crippen LogP contribution in [0.15, 0.2) is 29.3 Å². The van der Waals surface area contributed by atoms with E-state index in [1.165, 1.54) is 12.1 Å². The molecule has 7 heteroatoms. The van der Waals surface area contributed by atoms with Crippen LogP contribution in [-0.4, -0.2) is 43.1 Å². The Kier molecular flexibility index (Phi) is 6.70. The highest BCUT2D eigenvalue weighted by molar-refractivity contribution is 5.79. The second kappa shape index (κ2) is 8.56. The summed E-state index contributed by atoms with van der Waals surface area (Å²) in [6.45, 7) is 6.78. The van der Waals surface area contributed by atoms with E-state index in [9.17, 15) is 13.2 Å². The van der Waals surface area contributed by atoms with Crippen molar-refractivity contribution in [1.82, 2.24) is 15.5 Å². The molecule has 0 spiro atoms. The van der Waals surface area contributed by atoms with Gasteiger partial charge in [-0.05, 0) is 44.4 Å². The SMILES string of the molecule is CN=C(NCc1cccc(C(F)(F)F)c1)NC1CCN(C(C)C)CC1. The lowest BCUT2D eigenvalue weighted by Crippen LogP contribution is -2.49. The molecule has 1 fully saturated rings. The smallest absolute Gasteiger partial charge is 0.354 e.